The van der Waals surface area contributed by atoms with Crippen molar-refractivity contribution in [1.29, 1.82) is 0 Å². The summed E-state index contributed by atoms with van der Waals surface area (Å²) in [6, 6.07) is 16.4. The first-order valence-electron chi connectivity index (χ1n) is 8.72. The van der Waals surface area contributed by atoms with Crippen LogP contribution in [0.15, 0.2) is 53.5 Å². The van der Waals surface area contributed by atoms with Gasteiger partial charge in [-0.25, -0.2) is 4.99 Å². The van der Waals surface area contributed by atoms with Crippen LogP contribution in [-0.4, -0.2) is 25.8 Å². The van der Waals surface area contributed by atoms with Crippen molar-refractivity contribution in [2.45, 2.75) is 26.3 Å². The molecular weight excluding hydrogens is 314 g/mol. The molecule has 5 nitrogen and oxygen atoms in total. The van der Waals surface area contributed by atoms with Crippen molar-refractivity contribution in [3.05, 3.63) is 59.7 Å². The molecule has 0 radical (unpaired) electrons. The van der Waals surface area contributed by atoms with Gasteiger partial charge in [0.15, 0.2) is 17.5 Å². The number of nitrogens with zero attached hydrogens (tertiary/aromatic N) is 1. The molecule has 0 aliphatic carbocycles. The summed E-state index contributed by atoms with van der Waals surface area (Å²) in [4.78, 5) is 4.67. The molecule has 0 saturated heterocycles. The van der Waals surface area contributed by atoms with Gasteiger partial charge >= 0.3 is 0 Å². The van der Waals surface area contributed by atoms with Crippen LogP contribution in [0, 0.1) is 0 Å². The number of fused-ring (bicyclic) bond motifs is 1. The second-order valence-electron chi connectivity index (χ2n) is 6.08. The highest BCUT2D eigenvalue weighted by Gasteiger charge is 2.13. The number of rotatable bonds is 6. The first-order chi connectivity index (χ1) is 12.3. The summed E-state index contributed by atoms with van der Waals surface area (Å²) in [6.07, 6.45) is 0. The molecule has 0 bridgehead atoms. The zero-order valence-electron chi connectivity index (χ0n) is 14.8. The molecule has 3 rings (SSSR count). The van der Waals surface area contributed by atoms with E-state index >= 15 is 0 Å². The van der Waals surface area contributed by atoms with Crippen molar-refractivity contribution >= 4 is 5.96 Å². The van der Waals surface area contributed by atoms with Gasteiger partial charge < -0.3 is 20.1 Å². The Labute approximate surface area is 149 Å². The van der Waals surface area contributed by atoms with Gasteiger partial charge in [0.05, 0.1) is 6.54 Å². The van der Waals surface area contributed by atoms with Gasteiger partial charge in [0.2, 0.25) is 6.79 Å². The van der Waals surface area contributed by atoms with Gasteiger partial charge in [0, 0.05) is 13.1 Å². The van der Waals surface area contributed by atoms with Crippen molar-refractivity contribution in [2.24, 2.45) is 4.99 Å². The van der Waals surface area contributed by atoms with Crippen molar-refractivity contribution in [1.82, 2.24) is 10.6 Å². The van der Waals surface area contributed by atoms with E-state index < -0.39 is 0 Å². The van der Waals surface area contributed by atoms with Crippen LogP contribution in [0.3, 0.4) is 0 Å². The number of hydrogen-bond acceptors (Lipinski definition) is 3. The lowest BCUT2D eigenvalue weighted by Gasteiger charge is -2.16. The highest BCUT2D eigenvalue weighted by Crippen LogP contribution is 2.32. The van der Waals surface area contributed by atoms with Crippen LogP contribution in [-0.2, 0) is 6.54 Å². The topological polar surface area (TPSA) is 54.9 Å². The lowest BCUT2D eigenvalue weighted by atomic mass is 10.0. The predicted octanol–water partition coefficient (Wildman–Crippen LogP) is 3.27. The number of guanidine groups is 1. The van der Waals surface area contributed by atoms with E-state index in [0.29, 0.717) is 19.3 Å². The molecule has 1 atom stereocenters. The van der Waals surface area contributed by atoms with Gasteiger partial charge in [-0.15, -0.1) is 0 Å². The summed E-state index contributed by atoms with van der Waals surface area (Å²) in [5, 5.41) is 6.72. The number of ether oxygens (including phenoxy) is 2. The van der Waals surface area contributed by atoms with E-state index in [-0.39, 0.29) is 0 Å². The summed E-state index contributed by atoms with van der Waals surface area (Å²) in [6.45, 7) is 6.82. The number of hydrogen-bond donors (Lipinski definition) is 2. The smallest absolute Gasteiger partial charge is 0.231 e. The van der Waals surface area contributed by atoms with Crippen LogP contribution in [0.5, 0.6) is 11.5 Å². The molecule has 0 aromatic heterocycles. The number of aliphatic imine (C=N–C) groups is 1. The molecule has 25 heavy (non-hydrogen) atoms. The van der Waals surface area contributed by atoms with E-state index in [4.69, 9.17) is 9.47 Å². The molecule has 1 aliphatic rings. The van der Waals surface area contributed by atoms with Gasteiger partial charge in [-0.2, -0.15) is 0 Å². The van der Waals surface area contributed by atoms with E-state index in [1.54, 1.807) is 0 Å². The Kier molecular flexibility index (Phi) is 5.77. The summed E-state index contributed by atoms with van der Waals surface area (Å²) in [5.41, 5.74) is 2.42. The van der Waals surface area contributed by atoms with E-state index in [2.05, 4.69) is 53.7 Å². The Balaban J connectivity index is 1.59. The zero-order chi connectivity index (χ0) is 17.5. The molecule has 0 spiro atoms. The first-order valence-corrected chi connectivity index (χ1v) is 8.72. The molecule has 0 saturated carbocycles. The van der Waals surface area contributed by atoms with Gasteiger partial charge in [-0.05, 0) is 36.1 Å². The molecule has 5 heteroatoms. The Morgan fingerprint density at radius 2 is 1.88 bits per heavy atom. The fourth-order valence-corrected chi connectivity index (χ4v) is 2.70. The SMILES string of the molecule is CCNC(=NCc1ccc2c(c1)OCO2)NCC(C)c1ccccc1. The van der Waals surface area contributed by atoms with Gasteiger partial charge in [0.1, 0.15) is 0 Å². The molecule has 0 fully saturated rings. The van der Waals surface area contributed by atoms with Crippen LogP contribution in [0.2, 0.25) is 0 Å². The third kappa shape index (κ3) is 4.66. The molecule has 1 unspecified atom stereocenters. The van der Waals surface area contributed by atoms with Crippen LogP contribution in [0.1, 0.15) is 30.9 Å². The minimum atomic E-state index is 0.295. The maximum Gasteiger partial charge on any atom is 0.231 e. The lowest BCUT2D eigenvalue weighted by Crippen LogP contribution is -2.39. The molecule has 2 aromatic carbocycles. The summed E-state index contributed by atoms with van der Waals surface area (Å²) < 4.78 is 10.8. The fourth-order valence-electron chi connectivity index (χ4n) is 2.70. The number of benzene rings is 2. The summed E-state index contributed by atoms with van der Waals surface area (Å²) in [5.74, 6) is 2.83. The quantitative estimate of drug-likeness (QED) is 0.626. The first kappa shape index (κ1) is 17.1. The molecule has 2 N–H and O–H groups in total. The zero-order valence-corrected chi connectivity index (χ0v) is 14.8. The highest BCUT2D eigenvalue weighted by molar-refractivity contribution is 5.79. The van der Waals surface area contributed by atoms with E-state index in [9.17, 15) is 0 Å². The molecular formula is C20H25N3O2. The Morgan fingerprint density at radius 3 is 2.68 bits per heavy atom. The maximum absolute atomic E-state index is 5.42. The van der Waals surface area contributed by atoms with Crippen LogP contribution < -0.4 is 20.1 Å². The molecule has 0 amide bonds. The average molecular weight is 339 g/mol. The van der Waals surface area contributed by atoms with E-state index in [1.165, 1.54) is 5.56 Å². The minimum Gasteiger partial charge on any atom is -0.454 e. The standard InChI is InChI=1S/C20H25N3O2/c1-3-21-20(22-12-15(2)17-7-5-4-6-8-17)23-13-16-9-10-18-19(11-16)25-14-24-18/h4-11,15H,3,12-14H2,1-2H3,(H2,21,22,23). The monoisotopic (exact) mass is 339 g/mol. The Morgan fingerprint density at radius 1 is 1.08 bits per heavy atom. The normalized spacial score (nSPS) is 14.2. The van der Waals surface area contributed by atoms with Crippen LogP contribution >= 0.6 is 0 Å². The average Bonchev–Trinajstić information content (AvgIpc) is 3.12. The van der Waals surface area contributed by atoms with Crippen molar-refractivity contribution < 1.29 is 9.47 Å². The maximum atomic E-state index is 5.42. The summed E-state index contributed by atoms with van der Waals surface area (Å²) in [7, 11) is 0. The van der Waals surface area contributed by atoms with Gasteiger partial charge in [0.25, 0.3) is 0 Å². The third-order valence-corrected chi connectivity index (χ3v) is 4.15. The van der Waals surface area contributed by atoms with Gasteiger partial charge in [-0.3, -0.25) is 0 Å². The fraction of sp³-hybridized carbons (Fsp3) is 0.350. The number of nitrogens with one attached hydrogen (secondary N) is 2. The lowest BCUT2D eigenvalue weighted by molar-refractivity contribution is 0.174. The van der Waals surface area contributed by atoms with Gasteiger partial charge in [-0.1, -0.05) is 43.3 Å². The molecule has 1 heterocycles. The Bertz CT molecular complexity index is 716. The van der Waals surface area contributed by atoms with Crippen molar-refractivity contribution in [2.75, 3.05) is 19.9 Å². The largest absolute Gasteiger partial charge is 0.454 e. The third-order valence-electron chi connectivity index (χ3n) is 4.15. The van der Waals surface area contributed by atoms with Crippen LogP contribution in [0.4, 0.5) is 0 Å². The molecule has 132 valence electrons. The van der Waals surface area contributed by atoms with Crippen LogP contribution in [0.25, 0.3) is 0 Å². The van der Waals surface area contributed by atoms with E-state index in [0.717, 1.165) is 36.1 Å². The minimum absolute atomic E-state index is 0.295. The van der Waals surface area contributed by atoms with Crippen molar-refractivity contribution in [3.63, 3.8) is 0 Å². The second-order valence-corrected chi connectivity index (χ2v) is 6.08. The second kappa shape index (κ2) is 8.42. The summed E-state index contributed by atoms with van der Waals surface area (Å²) >= 11 is 0. The van der Waals surface area contributed by atoms with E-state index in [1.807, 2.05) is 24.3 Å². The molecule has 2 aromatic rings. The Hall–Kier alpha value is -2.69. The highest BCUT2D eigenvalue weighted by atomic mass is 16.7. The van der Waals surface area contributed by atoms with Crippen molar-refractivity contribution in [3.8, 4) is 11.5 Å². The predicted molar refractivity (Wildman–Crippen MR) is 100 cm³/mol. The molecule has 1 aliphatic heterocycles.